The van der Waals surface area contributed by atoms with Crippen molar-refractivity contribution in [3.05, 3.63) is 65.2 Å². The fourth-order valence-electron chi connectivity index (χ4n) is 7.14. The Balaban J connectivity index is 1.30. The summed E-state index contributed by atoms with van der Waals surface area (Å²) in [6.07, 6.45) is 4.60. The zero-order chi connectivity index (χ0) is 37.1. The third kappa shape index (κ3) is 9.76. The number of aromatic nitrogens is 2. The first-order valence-corrected chi connectivity index (χ1v) is 19.1. The number of sulfonamides is 1. The van der Waals surface area contributed by atoms with E-state index in [4.69, 9.17) is 9.47 Å². The number of carboxylic acid groups (broad SMARTS) is 1. The number of nitrogens with one attached hydrogen (secondary N) is 2. The molecule has 13 heteroatoms. The molecule has 1 saturated heterocycles. The Labute approximate surface area is 301 Å². The molecular weight excluding hydrogens is 671 g/mol. The quantitative estimate of drug-likeness (QED) is 0.181. The predicted molar refractivity (Wildman–Crippen MR) is 196 cm³/mol. The maximum absolute atomic E-state index is 13.4. The Morgan fingerprint density at radius 3 is 2.27 bits per heavy atom. The summed E-state index contributed by atoms with van der Waals surface area (Å²) in [6, 6.07) is 13.0. The number of benzene rings is 2. The van der Waals surface area contributed by atoms with Crippen LogP contribution in [0.2, 0.25) is 0 Å². The van der Waals surface area contributed by atoms with Crippen molar-refractivity contribution in [1.82, 2.24) is 20.2 Å². The van der Waals surface area contributed by atoms with E-state index >= 15 is 0 Å². The van der Waals surface area contributed by atoms with Gasteiger partial charge in [-0.3, -0.25) is 0 Å². The van der Waals surface area contributed by atoms with Gasteiger partial charge < -0.3 is 24.8 Å². The Hall–Kier alpha value is -4.23. The summed E-state index contributed by atoms with van der Waals surface area (Å²) < 4.78 is 41.1. The highest BCUT2D eigenvalue weighted by molar-refractivity contribution is 7.92. The molecule has 2 fully saturated rings. The number of anilines is 1. The second-order valence-electron chi connectivity index (χ2n) is 15.5. The molecule has 0 bridgehead atoms. The molecule has 1 aliphatic heterocycles. The summed E-state index contributed by atoms with van der Waals surface area (Å²) in [5.41, 5.74) is 2.81. The highest BCUT2D eigenvalue weighted by Gasteiger charge is 2.47. The van der Waals surface area contributed by atoms with Crippen LogP contribution in [0.5, 0.6) is 5.88 Å². The fourth-order valence-corrected chi connectivity index (χ4v) is 8.13. The van der Waals surface area contributed by atoms with Crippen molar-refractivity contribution in [1.29, 1.82) is 0 Å². The molecule has 2 heterocycles. The Morgan fingerprint density at radius 1 is 1.02 bits per heavy atom. The minimum absolute atomic E-state index is 0.0201. The van der Waals surface area contributed by atoms with Crippen molar-refractivity contribution < 1.29 is 32.6 Å². The molecule has 2 aliphatic rings. The van der Waals surface area contributed by atoms with Crippen LogP contribution >= 0.6 is 0 Å². The van der Waals surface area contributed by atoms with Gasteiger partial charge in [-0.05, 0) is 107 Å². The Bertz CT molecular complexity index is 1820. The first-order chi connectivity index (χ1) is 23.9. The van der Waals surface area contributed by atoms with Crippen LogP contribution in [0.4, 0.5) is 10.7 Å². The van der Waals surface area contributed by atoms with Crippen LogP contribution in [-0.2, 0) is 14.8 Å². The van der Waals surface area contributed by atoms with E-state index in [0.29, 0.717) is 37.4 Å². The molecule has 1 aromatic heterocycles. The molecule has 3 N–H and O–H groups in total. The van der Waals surface area contributed by atoms with E-state index in [1.807, 2.05) is 57.7 Å². The van der Waals surface area contributed by atoms with Crippen molar-refractivity contribution >= 4 is 28.0 Å². The minimum atomic E-state index is -4.23. The number of carbonyl (C=O) groups excluding carboxylic acids is 1. The van der Waals surface area contributed by atoms with Crippen LogP contribution in [0.1, 0.15) is 88.2 Å². The van der Waals surface area contributed by atoms with Gasteiger partial charge in [0.15, 0.2) is 0 Å². The first-order valence-electron chi connectivity index (χ1n) is 17.6. The van der Waals surface area contributed by atoms with Gasteiger partial charge in [-0.2, -0.15) is 4.98 Å². The van der Waals surface area contributed by atoms with Crippen LogP contribution in [0.3, 0.4) is 0 Å². The van der Waals surface area contributed by atoms with Gasteiger partial charge in [0, 0.05) is 36.8 Å². The molecule has 1 aliphatic carbocycles. The number of nitrogens with zero attached hydrogens (tertiary/aromatic N) is 3. The van der Waals surface area contributed by atoms with Gasteiger partial charge in [0.1, 0.15) is 12.2 Å². The van der Waals surface area contributed by atoms with Crippen LogP contribution in [0, 0.1) is 25.2 Å². The standard InChI is InChI=1S/C38H51N5O7S/c1-24(2)18-28(39-29-21-38(22-29)14-16-43(17-15-38)36(46)50-37(5,6)7)23-49-32-20-31(33-25(3)10-8-11-26(33)4)40-35(41-32)42-51(47,48)30-13-9-12-27(19-30)34(44)45/h8-13,19-20,24,28-29,39H,14-18,21-23H2,1-7H3,(H,44,45)(H,40,41,42)/t28-/m1/s1. The SMILES string of the molecule is Cc1cccc(C)c1-c1cc(OC[C@@H](CC(C)C)NC2CC3(CCN(C(=O)OC(C)(C)C)CC3)C2)nc(NS(=O)(=O)c2cccc(C(=O)O)c2)n1. The first kappa shape index (κ1) is 38.0. The third-order valence-corrected chi connectivity index (χ3v) is 10.9. The highest BCUT2D eigenvalue weighted by atomic mass is 32.2. The lowest BCUT2D eigenvalue weighted by molar-refractivity contribution is -0.0192. The third-order valence-electron chi connectivity index (χ3n) is 9.55. The molecule has 5 rings (SSSR count). The van der Waals surface area contributed by atoms with Gasteiger partial charge in [0.2, 0.25) is 11.8 Å². The van der Waals surface area contributed by atoms with Crippen molar-refractivity contribution in [3.8, 4) is 17.1 Å². The smallest absolute Gasteiger partial charge is 0.410 e. The number of hydrogen-bond donors (Lipinski definition) is 3. The zero-order valence-corrected chi connectivity index (χ0v) is 31.5. The lowest BCUT2D eigenvalue weighted by Gasteiger charge is -2.53. The van der Waals surface area contributed by atoms with Crippen molar-refractivity contribution in [2.75, 3.05) is 24.4 Å². The number of carbonyl (C=O) groups is 2. The van der Waals surface area contributed by atoms with E-state index in [9.17, 15) is 23.1 Å². The topological polar surface area (TPSA) is 160 Å². The van der Waals surface area contributed by atoms with Crippen LogP contribution < -0.4 is 14.8 Å². The molecule has 1 saturated carbocycles. The summed E-state index contributed by atoms with van der Waals surface area (Å²) >= 11 is 0. The van der Waals surface area contributed by atoms with E-state index in [2.05, 4.69) is 33.9 Å². The van der Waals surface area contributed by atoms with E-state index in [1.165, 1.54) is 18.2 Å². The second-order valence-corrected chi connectivity index (χ2v) is 17.2. The molecule has 1 amide bonds. The summed E-state index contributed by atoms with van der Waals surface area (Å²) in [6.45, 7) is 15.6. The average Bonchev–Trinajstić information content (AvgIpc) is 3.02. The predicted octanol–water partition coefficient (Wildman–Crippen LogP) is 6.82. The number of amides is 1. The lowest BCUT2D eigenvalue weighted by Crippen LogP contribution is -2.57. The van der Waals surface area contributed by atoms with Crippen LogP contribution in [-0.4, -0.2) is 77.8 Å². The molecule has 1 atom stereocenters. The summed E-state index contributed by atoms with van der Waals surface area (Å²) in [4.78, 5) is 34.7. The number of ether oxygens (including phenoxy) is 2. The van der Waals surface area contributed by atoms with E-state index < -0.39 is 21.6 Å². The number of likely N-dealkylation sites (tertiary alicyclic amines) is 1. The average molecular weight is 722 g/mol. The molecule has 2 aromatic carbocycles. The van der Waals surface area contributed by atoms with E-state index in [1.54, 1.807) is 6.07 Å². The molecule has 0 radical (unpaired) electrons. The number of carboxylic acids is 1. The highest BCUT2D eigenvalue weighted by Crippen LogP contribution is 2.49. The normalized spacial score (nSPS) is 16.8. The lowest BCUT2D eigenvalue weighted by atomic mass is 9.60. The monoisotopic (exact) mass is 721 g/mol. The van der Waals surface area contributed by atoms with Gasteiger partial charge in [0.05, 0.1) is 16.2 Å². The van der Waals surface area contributed by atoms with Crippen molar-refractivity contribution in [2.45, 2.75) is 103 Å². The van der Waals surface area contributed by atoms with Gasteiger partial charge in [-0.1, -0.05) is 38.1 Å². The van der Waals surface area contributed by atoms with Gasteiger partial charge in [0.25, 0.3) is 10.0 Å². The van der Waals surface area contributed by atoms with Crippen LogP contribution in [0.15, 0.2) is 53.4 Å². The van der Waals surface area contributed by atoms with E-state index in [-0.39, 0.29) is 39.8 Å². The minimum Gasteiger partial charge on any atom is -0.478 e. The number of aromatic carboxylic acids is 1. The maximum atomic E-state index is 13.4. The largest absolute Gasteiger partial charge is 0.478 e. The van der Waals surface area contributed by atoms with Crippen molar-refractivity contribution in [2.24, 2.45) is 11.3 Å². The number of aryl methyl sites for hydroxylation is 2. The molecule has 12 nitrogen and oxygen atoms in total. The fraction of sp³-hybridized carbons (Fsp3) is 0.526. The van der Waals surface area contributed by atoms with Gasteiger partial charge in [-0.15, -0.1) is 0 Å². The molecule has 51 heavy (non-hydrogen) atoms. The zero-order valence-electron chi connectivity index (χ0n) is 30.7. The molecular formula is C38H51N5O7S. The van der Waals surface area contributed by atoms with Gasteiger partial charge >= 0.3 is 12.1 Å². The van der Waals surface area contributed by atoms with Crippen LogP contribution in [0.25, 0.3) is 11.3 Å². The molecule has 276 valence electrons. The number of rotatable bonds is 12. The molecule has 1 spiro atoms. The number of hydrogen-bond acceptors (Lipinski definition) is 9. The van der Waals surface area contributed by atoms with Crippen molar-refractivity contribution in [3.63, 3.8) is 0 Å². The van der Waals surface area contributed by atoms with Gasteiger partial charge in [-0.25, -0.2) is 27.7 Å². The maximum Gasteiger partial charge on any atom is 0.410 e. The molecule has 3 aromatic rings. The molecule has 0 unspecified atom stereocenters. The van der Waals surface area contributed by atoms with E-state index in [0.717, 1.165) is 54.9 Å². The summed E-state index contributed by atoms with van der Waals surface area (Å²) in [5.74, 6) is -0.800. The summed E-state index contributed by atoms with van der Waals surface area (Å²) in [7, 11) is -4.23. The number of piperidine rings is 1. The second kappa shape index (κ2) is 15.2. The summed E-state index contributed by atoms with van der Waals surface area (Å²) in [5, 5.41) is 13.2. The Kier molecular flexibility index (Phi) is 11.3. The Morgan fingerprint density at radius 2 is 1.67 bits per heavy atom.